The number of halogens is 2. The zero-order valence-electron chi connectivity index (χ0n) is 10.3. The Morgan fingerprint density at radius 2 is 2.00 bits per heavy atom. The predicted molar refractivity (Wildman–Crippen MR) is 71.4 cm³/mol. The van der Waals surface area contributed by atoms with E-state index in [1.807, 2.05) is 0 Å². The third-order valence-corrected chi connectivity index (χ3v) is 3.09. The second-order valence-corrected chi connectivity index (χ2v) is 4.50. The average molecular weight is 279 g/mol. The smallest absolute Gasteiger partial charge is 0.254 e. The standard InChI is InChI=1S/C14H12ClFN2O/c1-18(14(19)10-5-7-17-8-6-10)9-11-12(15)3-2-4-13(11)16/h2-8H,9H2,1H3. The second kappa shape index (κ2) is 5.80. The molecule has 2 rings (SSSR count). The van der Waals surface area contributed by atoms with Crippen molar-refractivity contribution < 1.29 is 9.18 Å². The molecule has 0 N–H and O–H groups in total. The summed E-state index contributed by atoms with van der Waals surface area (Å²) in [5, 5.41) is 0.314. The summed E-state index contributed by atoms with van der Waals surface area (Å²) in [5.41, 5.74) is 0.819. The summed E-state index contributed by atoms with van der Waals surface area (Å²) < 4.78 is 13.6. The first-order valence-corrected chi connectivity index (χ1v) is 6.06. The van der Waals surface area contributed by atoms with E-state index in [0.29, 0.717) is 16.1 Å². The molecular weight excluding hydrogens is 267 g/mol. The first-order valence-electron chi connectivity index (χ1n) is 5.68. The fourth-order valence-electron chi connectivity index (χ4n) is 1.71. The number of carbonyl (C=O) groups is 1. The van der Waals surface area contributed by atoms with Crippen molar-refractivity contribution in [3.05, 3.63) is 64.7 Å². The third-order valence-electron chi connectivity index (χ3n) is 2.73. The van der Waals surface area contributed by atoms with Gasteiger partial charge in [-0.15, -0.1) is 0 Å². The largest absolute Gasteiger partial charge is 0.337 e. The molecule has 98 valence electrons. The van der Waals surface area contributed by atoms with Crippen LogP contribution in [0, 0.1) is 5.82 Å². The summed E-state index contributed by atoms with van der Waals surface area (Å²) in [6, 6.07) is 7.69. The first kappa shape index (κ1) is 13.5. The summed E-state index contributed by atoms with van der Waals surface area (Å²) >= 11 is 5.94. The predicted octanol–water partition coefficient (Wildman–Crippen LogP) is 3.15. The molecule has 1 aromatic carbocycles. The Hall–Kier alpha value is -1.94. The van der Waals surface area contributed by atoms with Crippen molar-refractivity contribution in [1.29, 1.82) is 0 Å². The molecule has 2 aromatic rings. The van der Waals surface area contributed by atoms with E-state index in [-0.39, 0.29) is 12.5 Å². The number of carbonyl (C=O) groups excluding carboxylic acids is 1. The van der Waals surface area contributed by atoms with Gasteiger partial charge < -0.3 is 4.90 Å². The molecule has 0 saturated heterocycles. The molecule has 0 spiro atoms. The molecule has 1 amide bonds. The number of hydrogen-bond acceptors (Lipinski definition) is 2. The summed E-state index contributed by atoms with van der Waals surface area (Å²) in [4.78, 5) is 17.4. The van der Waals surface area contributed by atoms with Crippen LogP contribution in [0.2, 0.25) is 5.02 Å². The van der Waals surface area contributed by atoms with Gasteiger partial charge in [-0.2, -0.15) is 0 Å². The van der Waals surface area contributed by atoms with Crippen LogP contribution in [0.25, 0.3) is 0 Å². The van der Waals surface area contributed by atoms with E-state index < -0.39 is 5.82 Å². The number of benzene rings is 1. The minimum absolute atomic E-state index is 0.118. The highest BCUT2D eigenvalue weighted by Gasteiger charge is 2.15. The van der Waals surface area contributed by atoms with Crippen LogP contribution >= 0.6 is 11.6 Å². The van der Waals surface area contributed by atoms with E-state index >= 15 is 0 Å². The number of rotatable bonds is 3. The van der Waals surface area contributed by atoms with Gasteiger partial charge in [0, 0.05) is 42.1 Å². The van der Waals surface area contributed by atoms with Crippen molar-refractivity contribution in [1.82, 2.24) is 9.88 Å². The van der Waals surface area contributed by atoms with Crippen LogP contribution in [0.3, 0.4) is 0 Å². The Kier molecular flexibility index (Phi) is 4.12. The average Bonchev–Trinajstić information content (AvgIpc) is 2.43. The molecule has 5 heteroatoms. The van der Waals surface area contributed by atoms with Crippen molar-refractivity contribution in [2.24, 2.45) is 0 Å². The van der Waals surface area contributed by atoms with Crippen molar-refractivity contribution >= 4 is 17.5 Å². The lowest BCUT2D eigenvalue weighted by molar-refractivity contribution is 0.0784. The molecule has 1 heterocycles. The topological polar surface area (TPSA) is 33.2 Å². The molecular formula is C14H12ClFN2O. The van der Waals surface area contributed by atoms with Gasteiger partial charge in [-0.1, -0.05) is 17.7 Å². The van der Waals surface area contributed by atoms with Gasteiger partial charge in [0.1, 0.15) is 5.82 Å². The normalized spacial score (nSPS) is 10.3. The van der Waals surface area contributed by atoms with E-state index in [1.165, 1.54) is 29.4 Å². The highest BCUT2D eigenvalue weighted by atomic mass is 35.5. The molecule has 0 unspecified atom stereocenters. The Bertz CT molecular complexity index is 569. The molecule has 0 radical (unpaired) electrons. The summed E-state index contributed by atoms with van der Waals surface area (Å²) in [7, 11) is 1.60. The van der Waals surface area contributed by atoms with Crippen molar-refractivity contribution in [3.63, 3.8) is 0 Å². The Balaban J connectivity index is 2.18. The van der Waals surface area contributed by atoms with Gasteiger partial charge in [0.2, 0.25) is 0 Å². The summed E-state index contributed by atoms with van der Waals surface area (Å²) in [5.74, 6) is -0.622. The molecule has 0 saturated carbocycles. The molecule has 0 aliphatic carbocycles. The SMILES string of the molecule is CN(Cc1c(F)cccc1Cl)C(=O)c1ccncc1. The van der Waals surface area contributed by atoms with Crippen LogP contribution in [0.5, 0.6) is 0 Å². The summed E-state index contributed by atoms with van der Waals surface area (Å²) in [6.45, 7) is 0.118. The van der Waals surface area contributed by atoms with Gasteiger partial charge in [-0.25, -0.2) is 4.39 Å². The second-order valence-electron chi connectivity index (χ2n) is 4.10. The fraction of sp³-hybridized carbons (Fsp3) is 0.143. The number of aromatic nitrogens is 1. The van der Waals surface area contributed by atoms with Crippen LogP contribution in [-0.4, -0.2) is 22.8 Å². The van der Waals surface area contributed by atoms with Crippen molar-refractivity contribution in [2.45, 2.75) is 6.54 Å². The van der Waals surface area contributed by atoms with E-state index in [2.05, 4.69) is 4.98 Å². The van der Waals surface area contributed by atoms with E-state index in [4.69, 9.17) is 11.6 Å². The maximum absolute atomic E-state index is 13.6. The molecule has 0 aliphatic rings. The zero-order chi connectivity index (χ0) is 13.8. The fourth-order valence-corrected chi connectivity index (χ4v) is 1.93. The van der Waals surface area contributed by atoms with Crippen molar-refractivity contribution in [2.75, 3.05) is 7.05 Å². The number of nitrogens with zero attached hydrogens (tertiary/aromatic N) is 2. The lowest BCUT2D eigenvalue weighted by atomic mass is 10.2. The van der Waals surface area contributed by atoms with E-state index in [9.17, 15) is 9.18 Å². The highest BCUT2D eigenvalue weighted by molar-refractivity contribution is 6.31. The first-order chi connectivity index (χ1) is 9.09. The minimum Gasteiger partial charge on any atom is -0.337 e. The minimum atomic E-state index is -0.415. The quantitative estimate of drug-likeness (QED) is 0.864. The number of pyridine rings is 1. The van der Waals surface area contributed by atoms with Gasteiger partial charge in [0.05, 0.1) is 0 Å². The third kappa shape index (κ3) is 3.09. The highest BCUT2D eigenvalue weighted by Crippen LogP contribution is 2.20. The van der Waals surface area contributed by atoms with Crippen LogP contribution < -0.4 is 0 Å². The lowest BCUT2D eigenvalue weighted by Gasteiger charge is -2.18. The Morgan fingerprint density at radius 1 is 1.32 bits per heavy atom. The Labute approximate surface area is 115 Å². The zero-order valence-corrected chi connectivity index (χ0v) is 11.1. The van der Waals surface area contributed by atoms with Crippen LogP contribution in [0.1, 0.15) is 15.9 Å². The van der Waals surface area contributed by atoms with Crippen LogP contribution in [0.4, 0.5) is 4.39 Å². The van der Waals surface area contributed by atoms with Gasteiger partial charge in [0.25, 0.3) is 5.91 Å². The molecule has 19 heavy (non-hydrogen) atoms. The summed E-state index contributed by atoms with van der Waals surface area (Å²) in [6.07, 6.45) is 3.08. The molecule has 0 fully saturated rings. The molecule has 0 aliphatic heterocycles. The molecule has 1 aromatic heterocycles. The number of hydrogen-bond donors (Lipinski definition) is 0. The lowest BCUT2D eigenvalue weighted by Crippen LogP contribution is -2.26. The van der Waals surface area contributed by atoms with Gasteiger partial charge in [-0.3, -0.25) is 9.78 Å². The number of amides is 1. The van der Waals surface area contributed by atoms with Crippen LogP contribution in [-0.2, 0) is 6.54 Å². The molecule has 3 nitrogen and oxygen atoms in total. The van der Waals surface area contributed by atoms with Crippen LogP contribution in [0.15, 0.2) is 42.7 Å². The Morgan fingerprint density at radius 3 is 2.63 bits per heavy atom. The van der Waals surface area contributed by atoms with Gasteiger partial charge >= 0.3 is 0 Å². The maximum atomic E-state index is 13.6. The van der Waals surface area contributed by atoms with E-state index in [0.717, 1.165) is 0 Å². The molecule has 0 atom stereocenters. The monoisotopic (exact) mass is 278 g/mol. The molecule has 0 bridgehead atoms. The maximum Gasteiger partial charge on any atom is 0.254 e. The van der Waals surface area contributed by atoms with E-state index in [1.54, 1.807) is 25.2 Å². The van der Waals surface area contributed by atoms with Crippen molar-refractivity contribution in [3.8, 4) is 0 Å². The van der Waals surface area contributed by atoms with Gasteiger partial charge in [-0.05, 0) is 24.3 Å². The van der Waals surface area contributed by atoms with Gasteiger partial charge in [0.15, 0.2) is 0 Å².